The third-order valence-electron chi connectivity index (χ3n) is 1.97. The van der Waals surface area contributed by atoms with Crippen LogP contribution in [0.15, 0.2) is 24.3 Å². The summed E-state index contributed by atoms with van der Waals surface area (Å²) in [4.78, 5) is 0. The van der Waals surface area contributed by atoms with Crippen LogP contribution in [-0.2, 0) is 0 Å². The second kappa shape index (κ2) is 7.57. The van der Waals surface area contributed by atoms with Gasteiger partial charge in [0.25, 0.3) is 0 Å². The summed E-state index contributed by atoms with van der Waals surface area (Å²) in [5, 5.41) is 8.66. The predicted octanol–water partition coefficient (Wildman–Crippen LogP) is 2.80. The van der Waals surface area contributed by atoms with Crippen molar-refractivity contribution in [2.75, 3.05) is 0 Å². The molecule has 0 aliphatic rings. The van der Waals surface area contributed by atoms with E-state index in [0.717, 1.165) is 5.56 Å². The molecule has 0 aliphatic heterocycles. The highest BCUT2D eigenvalue weighted by Crippen LogP contribution is 2.00. The first kappa shape index (κ1) is 15.2. The number of rotatable bonds is 0. The molecular weight excluding hydrogens is 258 g/mol. The molecule has 0 heterocycles. The lowest BCUT2D eigenvalue weighted by molar-refractivity contribution is 1.48. The minimum Gasteiger partial charge on any atom is -0.192 e. The van der Waals surface area contributed by atoms with Gasteiger partial charge in [-0.2, -0.15) is 5.26 Å². The van der Waals surface area contributed by atoms with Crippen molar-refractivity contribution in [1.29, 1.82) is 5.26 Å². The van der Waals surface area contributed by atoms with Gasteiger partial charge < -0.3 is 0 Å². The highest BCUT2D eigenvalue weighted by atomic mass is 28.3. The first-order chi connectivity index (χ1) is 9.51. The van der Waals surface area contributed by atoms with Gasteiger partial charge in [-0.25, -0.2) is 0 Å². The van der Waals surface area contributed by atoms with Gasteiger partial charge in [-0.05, 0) is 59.8 Å². The Bertz CT molecular complexity index is 756. The fraction of sp³-hybridized carbons (Fsp3) is 0.167. The van der Waals surface area contributed by atoms with Gasteiger partial charge in [-0.3, -0.25) is 0 Å². The first-order valence-corrected chi connectivity index (χ1v) is 9.54. The largest absolute Gasteiger partial charge is 0.192 e. The topological polar surface area (TPSA) is 23.8 Å². The monoisotopic (exact) mass is 271 g/mol. The van der Waals surface area contributed by atoms with E-state index in [4.69, 9.17) is 5.26 Å². The normalized spacial score (nSPS) is 8.10. The summed E-state index contributed by atoms with van der Waals surface area (Å²) < 4.78 is 0. The summed E-state index contributed by atoms with van der Waals surface area (Å²) in [6.45, 7) is 6.49. The average molecular weight is 271 g/mol. The fourth-order valence-corrected chi connectivity index (χ4v) is 1.51. The van der Waals surface area contributed by atoms with E-state index in [9.17, 15) is 0 Å². The zero-order valence-electron chi connectivity index (χ0n) is 11.8. The molecule has 0 saturated carbocycles. The van der Waals surface area contributed by atoms with E-state index in [1.54, 1.807) is 24.3 Å². The summed E-state index contributed by atoms with van der Waals surface area (Å²) in [7, 11) is -1.35. The Labute approximate surface area is 122 Å². The van der Waals surface area contributed by atoms with Crippen LogP contribution in [0.2, 0.25) is 19.6 Å². The molecule has 0 spiro atoms. The number of nitrogens with zero attached hydrogens (tertiary/aromatic N) is 1. The maximum atomic E-state index is 8.66. The van der Waals surface area contributed by atoms with E-state index in [1.165, 1.54) is 0 Å². The molecular formula is C18H13NSi. The van der Waals surface area contributed by atoms with Crippen LogP contribution >= 0.6 is 0 Å². The Kier molecular flexibility index (Phi) is 5.76. The predicted molar refractivity (Wildman–Crippen MR) is 84.7 cm³/mol. The van der Waals surface area contributed by atoms with Crippen molar-refractivity contribution in [3.8, 4) is 53.1 Å². The van der Waals surface area contributed by atoms with Gasteiger partial charge in [0, 0.05) is 5.56 Å². The van der Waals surface area contributed by atoms with Crippen LogP contribution in [-0.4, -0.2) is 8.07 Å². The zero-order chi connectivity index (χ0) is 14.8. The Morgan fingerprint density at radius 3 is 1.80 bits per heavy atom. The molecule has 0 atom stereocenters. The van der Waals surface area contributed by atoms with Gasteiger partial charge in [0.2, 0.25) is 0 Å². The third-order valence-corrected chi connectivity index (χ3v) is 2.85. The molecule has 0 saturated heterocycles. The molecule has 2 heteroatoms. The number of hydrogen-bond acceptors (Lipinski definition) is 1. The summed E-state index contributed by atoms with van der Waals surface area (Å²) in [6.07, 6.45) is 0. The number of hydrogen-bond donors (Lipinski definition) is 0. The van der Waals surface area contributed by atoms with Crippen LogP contribution in [0, 0.1) is 58.3 Å². The minimum atomic E-state index is -1.35. The van der Waals surface area contributed by atoms with Crippen molar-refractivity contribution in [2.24, 2.45) is 0 Å². The second-order valence-corrected chi connectivity index (χ2v) is 9.69. The average Bonchev–Trinajstić information content (AvgIpc) is 2.41. The maximum Gasteiger partial charge on any atom is 0.130 e. The lowest BCUT2D eigenvalue weighted by Crippen LogP contribution is -2.16. The van der Waals surface area contributed by atoms with Crippen LogP contribution < -0.4 is 0 Å². The standard InChI is InChI=1S/C18H13NSi/c1-20(2,3)15-9-7-5-4-6-8-10-17-11-13-18(16-19)14-12-17/h11-14H,1-3H3. The quantitative estimate of drug-likeness (QED) is 0.526. The Hall–Kier alpha value is -2.83. The lowest BCUT2D eigenvalue weighted by atomic mass is 10.1. The van der Waals surface area contributed by atoms with Gasteiger partial charge in [-0.1, -0.05) is 25.6 Å². The highest BCUT2D eigenvalue weighted by Gasteiger charge is 2.06. The molecule has 0 N–H and O–H groups in total. The lowest BCUT2D eigenvalue weighted by Gasteiger charge is -2.01. The summed E-state index contributed by atoms with van der Waals surface area (Å²) >= 11 is 0. The van der Waals surface area contributed by atoms with Crippen molar-refractivity contribution >= 4 is 8.07 Å². The number of nitriles is 1. The van der Waals surface area contributed by atoms with Gasteiger partial charge >= 0.3 is 0 Å². The molecule has 0 fully saturated rings. The number of benzene rings is 1. The molecule has 0 radical (unpaired) electrons. The summed E-state index contributed by atoms with van der Waals surface area (Å²) in [5.74, 6) is 19.1. The summed E-state index contributed by atoms with van der Waals surface area (Å²) in [5.41, 5.74) is 4.58. The SMILES string of the molecule is C[Si](C)(C)C#CC#CC#CC#Cc1ccc(C#N)cc1. The molecule has 0 unspecified atom stereocenters. The third kappa shape index (κ3) is 6.79. The van der Waals surface area contributed by atoms with E-state index >= 15 is 0 Å². The molecule has 20 heavy (non-hydrogen) atoms. The smallest absolute Gasteiger partial charge is 0.130 e. The molecule has 0 aromatic heterocycles. The molecule has 94 valence electrons. The van der Waals surface area contributed by atoms with Crippen molar-refractivity contribution in [3.63, 3.8) is 0 Å². The van der Waals surface area contributed by atoms with E-state index in [0.29, 0.717) is 5.56 Å². The van der Waals surface area contributed by atoms with Crippen molar-refractivity contribution in [2.45, 2.75) is 19.6 Å². The Balaban J connectivity index is 2.63. The van der Waals surface area contributed by atoms with Crippen LogP contribution in [0.4, 0.5) is 0 Å². The van der Waals surface area contributed by atoms with Crippen LogP contribution in [0.5, 0.6) is 0 Å². The van der Waals surface area contributed by atoms with Gasteiger partial charge in [0.1, 0.15) is 8.07 Å². The molecule has 0 aliphatic carbocycles. The molecule has 1 aromatic rings. The molecule has 1 aromatic carbocycles. The Morgan fingerprint density at radius 1 is 0.750 bits per heavy atom. The molecule has 1 rings (SSSR count). The van der Waals surface area contributed by atoms with Crippen molar-refractivity contribution in [3.05, 3.63) is 35.4 Å². The summed E-state index contributed by atoms with van der Waals surface area (Å²) in [6, 6.07) is 9.09. The van der Waals surface area contributed by atoms with E-state index in [1.807, 2.05) is 0 Å². The van der Waals surface area contributed by atoms with Gasteiger partial charge in [-0.15, -0.1) is 5.54 Å². The van der Waals surface area contributed by atoms with Crippen molar-refractivity contribution in [1.82, 2.24) is 0 Å². The molecule has 0 amide bonds. The molecule has 0 bridgehead atoms. The second-order valence-electron chi connectivity index (χ2n) is 4.94. The van der Waals surface area contributed by atoms with E-state index in [-0.39, 0.29) is 0 Å². The van der Waals surface area contributed by atoms with Crippen LogP contribution in [0.1, 0.15) is 11.1 Å². The molecule has 1 nitrogen and oxygen atoms in total. The van der Waals surface area contributed by atoms with E-state index in [2.05, 4.69) is 72.7 Å². The van der Waals surface area contributed by atoms with Gasteiger partial charge in [0.15, 0.2) is 0 Å². The van der Waals surface area contributed by atoms with Crippen LogP contribution in [0.3, 0.4) is 0 Å². The minimum absolute atomic E-state index is 0.619. The van der Waals surface area contributed by atoms with Gasteiger partial charge in [0.05, 0.1) is 11.6 Å². The van der Waals surface area contributed by atoms with E-state index < -0.39 is 8.07 Å². The highest BCUT2D eigenvalue weighted by molar-refractivity contribution is 6.83. The Morgan fingerprint density at radius 2 is 1.25 bits per heavy atom. The maximum absolute atomic E-state index is 8.66. The van der Waals surface area contributed by atoms with Crippen molar-refractivity contribution < 1.29 is 0 Å². The first-order valence-electron chi connectivity index (χ1n) is 6.04. The fourth-order valence-electron chi connectivity index (χ4n) is 1.08. The zero-order valence-corrected chi connectivity index (χ0v) is 12.8. The van der Waals surface area contributed by atoms with Crippen LogP contribution in [0.25, 0.3) is 0 Å².